The summed E-state index contributed by atoms with van der Waals surface area (Å²) in [4.78, 5) is 22.3. The first-order valence-corrected chi connectivity index (χ1v) is 6.47. The summed E-state index contributed by atoms with van der Waals surface area (Å²) in [6.07, 6.45) is 0.652. The Morgan fingerprint density at radius 2 is 2.09 bits per heavy atom. The maximum absolute atomic E-state index is 12.0. The predicted octanol–water partition coefficient (Wildman–Crippen LogP) is 1.15. The fraction of sp³-hybridized carbons (Fsp3) is 0.286. The van der Waals surface area contributed by atoms with Crippen LogP contribution in [0.15, 0.2) is 36.0 Å². The number of methoxy groups -OCH3 is 2. The average Bonchev–Trinajstić information content (AvgIpc) is 2.55. The fourth-order valence-corrected chi connectivity index (χ4v) is 1.60. The minimum Gasteiger partial charge on any atom is -0.385 e. The number of carbonyl (C=O) groups is 1. The van der Waals surface area contributed by atoms with Gasteiger partial charge in [0.2, 0.25) is 0 Å². The van der Waals surface area contributed by atoms with Gasteiger partial charge in [0.1, 0.15) is 17.3 Å². The molecule has 122 valence electrons. The zero-order valence-corrected chi connectivity index (χ0v) is 12.6. The number of amides is 1. The molecule has 0 aliphatic rings. The second kappa shape index (κ2) is 9.14. The zero-order valence-electron chi connectivity index (χ0n) is 12.6. The average molecular weight is 320 g/mol. The first-order valence-electron chi connectivity index (χ1n) is 6.47. The Morgan fingerprint density at radius 1 is 1.43 bits per heavy atom. The molecule has 0 bridgehead atoms. The number of benzene rings is 1. The number of nitro benzene ring substituents is 1. The lowest BCUT2D eigenvalue weighted by Gasteiger charge is -2.12. The summed E-state index contributed by atoms with van der Waals surface area (Å²) in [6.45, 7) is 0.219. The largest absolute Gasteiger partial charge is 0.385 e. The molecule has 0 aromatic heterocycles. The van der Waals surface area contributed by atoms with Crippen LogP contribution in [0.25, 0.3) is 0 Å². The molecule has 2 N–H and O–H groups in total. The van der Waals surface area contributed by atoms with Crippen molar-refractivity contribution in [2.75, 3.05) is 26.1 Å². The maximum atomic E-state index is 12.0. The van der Waals surface area contributed by atoms with E-state index in [0.29, 0.717) is 0 Å². The van der Waals surface area contributed by atoms with Gasteiger partial charge in [-0.2, -0.15) is 5.26 Å². The summed E-state index contributed by atoms with van der Waals surface area (Å²) in [5, 5.41) is 25.0. The van der Waals surface area contributed by atoms with Gasteiger partial charge in [-0.15, -0.1) is 0 Å². The topological polar surface area (TPSA) is 127 Å². The number of nitriles is 1. The number of hydrogen-bond donors (Lipinski definition) is 2. The predicted molar refractivity (Wildman–Crippen MR) is 81.2 cm³/mol. The van der Waals surface area contributed by atoms with Gasteiger partial charge >= 0.3 is 0 Å². The molecular weight excluding hydrogens is 304 g/mol. The number of nitrogens with one attached hydrogen (secondary N) is 2. The van der Waals surface area contributed by atoms with Crippen LogP contribution in [0.3, 0.4) is 0 Å². The van der Waals surface area contributed by atoms with Gasteiger partial charge in [-0.25, -0.2) is 0 Å². The van der Waals surface area contributed by atoms with E-state index < -0.39 is 17.1 Å². The van der Waals surface area contributed by atoms with E-state index in [4.69, 9.17) is 14.7 Å². The Labute approximate surface area is 132 Å². The molecular formula is C14H16N4O5. The zero-order chi connectivity index (χ0) is 17.2. The minimum atomic E-state index is -0.763. The molecule has 0 unspecified atom stereocenters. The molecule has 9 heteroatoms. The summed E-state index contributed by atoms with van der Waals surface area (Å²) >= 11 is 0. The van der Waals surface area contributed by atoms with Crippen molar-refractivity contribution in [3.63, 3.8) is 0 Å². The lowest BCUT2D eigenvalue weighted by molar-refractivity contribution is -0.383. The van der Waals surface area contributed by atoms with Crippen molar-refractivity contribution in [3.05, 3.63) is 46.2 Å². The van der Waals surface area contributed by atoms with Crippen molar-refractivity contribution in [1.29, 1.82) is 5.26 Å². The van der Waals surface area contributed by atoms with E-state index in [2.05, 4.69) is 10.6 Å². The van der Waals surface area contributed by atoms with Crippen LogP contribution < -0.4 is 10.6 Å². The Bertz CT molecular complexity index is 634. The van der Waals surface area contributed by atoms with Gasteiger partial charge in [0.25, 0.3) is 11.6 Å². The molecule has 23 heavy (non-hydrogen) atoms. The Morgan fingerprint density at radius 3 is 2.65 bits per heavy atom. The van der Waals surface area contributed by atoms with Crippen LogP contribution in [0.5, 0.6) is 0 Å². The second-order valence-corrected chi connectivity index (χ2v) is 4.21. The van der Waals surface area contributed by atoms with Gasteiger partial charge < -0.3 is 20.1 Å². The van der Waals surface area contributed by atoms with Gasteiger partial charge in [-0.3, -0.25) is 14.9 Å². The van der Waals surface area contributed by atoms with Crippen molar-refractivity contribution >= 4 is 17.3 Å². The first-order chi connectivity index (χ1) is 11.0. The van der Waals surface area contributed by atoms with Crippen LogP contribution in [-0.4, -0.2) is 37.9 Å². The molecule has 1 aromatic rings. The molecule has 0 aliphatic carbocycles. The third-order valence-corrected chi connectivity index (χ3v) is 2.77. The summed E-state index contributed by atoms with van der Waals surface area (Å²) in [5.41, 5.74) is -0.491. The molecule has 0 atom stereocenters. The number of anilines is 1. The number of para-hydroxylation sites is 2. The van der Waals surface area contributed by atoms with Crippen molar-refractivity contribution < 1.29 is 19.2 Å². The Balaban J connectivity index is 2.79. The van der Waals surface area contributed by atoms with E-state index in [9.17, 15) is 14.9 Å². The first kappa shape index (κ1) is 18.1. The lowest BCUT2D eigenvalue weighted by Crippen LogP contribution is -2.27. The minimum absolute atomic E-state index is 0.00955. The van der Waals surface area contributed by atoms with E-state index in [1.807, 2.05) is 0 Å². The number of rotatable bonds is 8. The smallest absolute Gasteiger partial charge is 0.292 e. The quantitative estimate of drug-likeness (QED) is 0.242. The van der Waals surface area contributed by atoms with Gasteiger partial charge in [-0.05, 0) is 6.07 Å². The van der Waals surface area contributed by atoms with Gasteiger partial charge in [0.15, 0.2) is 6.29 Å². The highest BCUT2D eigenvalue weighted by molar-refractivity contribution is 6.07. The highest BCUT2D eigenvalue weighted by Crippen LogP contribution is 2.23. The van der Waals surface area contributed by atoms with E-state index in [1.165, 1.54) is 38.6 Å². The molecule has 9 nitrogen and oxygen atoms in total. The third-order valence-electron chi connectivity index (χ3n) is 2.77. The molecule has 1 aromatic carbocycles. The van der Waals surface area contributed by atoms with Gasteiger partial charge in [0.05, 0.1) is 11.5 Å². The van der Waals surface area contributed by atoms with Crippen LogP contribution in [0, 0.1) is 21.4 Å². The Hall–Kier alpha value is -2.96. The monoisotopic (exact) mass is 320 g/mol. The van der Waals surface area contributed by atoms with Gasteiger partial charge in [-0.1, -0.05) is 12.1 Å². The van der Waals surface area contributed by atoms with Crippen LogP contribution in [0.2, 0.25) is 0 Å². The van der Waals surface area contributed by atoms with E-state index in [1.54, 1.807) is 12.1 Å². The lowest BCUT2D eigenvalue weighted by atomic mass is 10.2. The van der Waals surface area contributed by atoms with Crippen LogP contribution in [0.1, 0.15) is 0 Å². The summed E-state index contributed by atoms with van der Waals surface area (Å²) in [5.74, 6) is -0.763. The van der Waals surface area contributed by atoms with E-state index >= 15 is 0 Å². The highest BCUT2D eigenvalue weighted by atomic mass is 16.7. The standard InChI is InChI=1S/C14H16N4O5/c1-22-13(23-2)9-16-8-10(7-15)14(19)17-11-5-3-4-6-12(11)18(20)21/h3-6,8,13,16H,9H2,1-2H3,(H,17,19)/b10-8-. The summed E-state index contributed by atoms with van der Waals surface area (Å²) in [6, 6.07) is 7.37. The molecule has 0 aliphatic heterocycles. The molecule has 0 saturated heterocycles. The summed E-state index contributed by atoms with van der Waals surface area (Å²) < 4.78 is 9.88. The van der Waals surface area contributed by atoms with Crippen LogP contribution in [0.4, 0.5) is 11.4 Å². The second-order valence-electron chi connectivity index (χ2n) is 4.21. The molecule has 0 fully saturated rings. The molecule has 0 spiro atoms. The van der Waals surface area contributed by atoms with Crippen molar-refractivity contribution in [3.8, 4) is 6.07 Å². The van der Waals surface area contributed by atoms with Gasteiger partial charge in [0, 0.05) is 26.5 Å². The molecule has 1 rings (SSSR count). The summed E-state index contributed by atoms with van der Waals surface area (Å²) in [7, 11) is 2.90. The number of carbonyl (C=O) groups excluding carboxylic acids is 1. The van der Waals surface area contributed by atoms with E-state index in [-0.39, 0.29) is 23.5 Å². The van der Waals surface area contributed by atoms with Crippen LogP contribution in [-0.2, 0) is 14.3 Å². The van der Waals surface area contributed by atoms with Crippen molar-refractivity contribution in [2.24, 2.45) is 0 Å². The van der Waals surface area contributed by atoms with Crippen molar-refractivity contribution in [1.82, 2.24) is 5.32 Å². The van der Waals surface area contributed by atoms with Crippen LogP contribution >= 0.6 is 0 Å². The SMILES string of the molecule is COC(CN/C=C(/C#N)C(=O)Nc1ccccc1[N+](=O)[O-])OC. The molecule has 1 amide bonds. The maximum Gasteiger partial charge on any atom is 0.292 e. The number of hydrogen-bond acceptors (Lipinski definition) is 7. The Kier molecular flexibility index (Phi) is 7.19. The molecule has 0 saturated carbocycles. The van der Waals surface area contributed by atoms with Crippen molar-refractivity contribution in [2.45, 2.75) is 6.29 Å². The number of nitro groups is 1. The van der Waals surface area contributed by atoms with E-state index in [0.717, 1.165) is 0 Å². The fourth-order valence-electron chi connectivity index (χ4n) is 1.60. The highest BCUT2D eigenvalue weighted by Gasteiger charge is 2.17. The third kappa shape index (κ3) is 5.39. The normalized spacial score (nSPS) is 11.0. The molecule has 0 radical (unpaired) electrons. The number of nitrogens with zero attached hydrogens (tertiary/aromatic N) is 2. The number of ether oxygens (including phenoxy) is 2. The molecule has 0 heterocycles.